The van der Waals surface area contributed by atoms with Gasteiger partial charge in [-0.3, -0.25) is 4.79 Å². The fourth-order valence-corrected chi connectivity index (χ4v) is 1.77. The highest BCUT2D eigenvalue weighted by atomic mass is 19.4. The number of anilines is 1. The Bertz CT molecular complexity index is 433. The highest BCUT2D eigenvalue weighted by molar-refractivity contribution is 5.99. The third-order valence-corrected chi connectivity index (χ3v) is 2.71. The van der Waals surface area contributed by atoms with E-state index in [-0.39, 0.29) is 18.9 Å². The molecule has 2 N–H and O–H groups in total. The van der Waals surface area contributed by atoms with E-state index in [1.165, 1.54) is 0 Å². The number of benzene rings is 1. The average Bonchev–Trinajstić information content (AvgIpc) is 2.38. The van der Waals surface area contributed by atoms with E-state index in [0.29, 0.717) is 18.5 Å². The Morgan fingerprint density at radius 3 is 2.55 bits per heavy atom. The summed E-state index contributed by atoms with van der Waals surface area (Å²) in [5.74, 6) is -0.270. The van der Waals surface area contributed by atoms with Crippen LogP contribution in [0.2, 0.25) is 0 Å². The van der Waals surface area contributed by atoms with Crippen LogP contribution in [0.3, 0.4) is 0 Å². The first-order valence-electron chi connectivity index (χ1n) is 6.62. The molecule has 0 spiro atoms. The molecule has 1 aromatic rings. The standard InChI is InChI=1S/C14H19F3N2O/c1-2-18-12-8-4-3-7-11(12)13(20)19-10-6-5-9-14(15,16)17/h3-4,7-8,18H,2,5-6,9-10H2,1H3,(H,19,20). The van der Waals surface area contributed by atoms with Gasteiger partial charge in [-0.05, 0) is 31.9 Å². The van der Waals surface area contributed by atoms with Crippen LogP contribution in [-0.2, 0) is 0 Å². The number of amides is 1. The van der Waals surface area contributed by atoms with E-state index in [2.05, 4.69) is 10.6 Å². The minimum absolute atomic E-state index is 0.0264. The maximum atomic E-state index is 11.9. The molecule has 1 aromatic carbocycles. The van der Waals surface area contributed by atoms with Gasteiger partial charge in [0.1, 0.15) is 0 Å². The normalized spacial score (nSPS) is 11.2. The Kier molecular flexibility index (Phi) is 6.35. The van der Waals surface area contributed by atoms with Gasteiger partial charge in [0.25, 0.3) is 5.91 Å². The zero-order valence-electron chi connectivity index (χ0n) is 11.4. The van der Waals surface area contributed by atoms with Crippen molar-refractivity contribution in [1.29, 1.82) is 0 Å². The molecule has 0 aliphatic rings. The van der Waals surface area contributed by atoms with Crippen molar-refractivity contribution >= 4 is 11.6 Å². The molecule has 20 heavy (non-hydrogen) atoms. The fraction of sp³-hybridized carbons (Fsp3) is 0.500. The number of carbonyl (C=O) groups excluding carboxylic acids is 1. The molecule has 0 bridgehead atoms. The first-order chi connectivity index (χ1) is 9.44. The van der Waals surface area contributed by atoms with E-state index in [4.69, 9.17) is 0 Å². The lowest BCUT2D eigenvalue weighted by Crippen LogP contribution is -2.25. The Balaban J connectivity index is 2.40. The van der Waals surface area contributed by atoms with Gasteiger partial charge in [0.15, 0.2) is 0 Å². The maximum absolute atomic E-state index is 11.9. The van der Waals surface area contributed by atoms with Crippen LogP contribution in [0.1, 0.15) is 36.5 Å². The molecule has 1 rings (SSSR count). The SMILES string of the molecule is CCNc1ccccc1C(=O)NCCCCC(F)(F)F. The molecule has 0 heterocycles. The molecule has 0 radical (unpaired) electrons. The summed E-state index contributed by atoms with van der Waals surface area (Å²) < 4.78 is 35.8. The van der Waals surface area contributed by atoms with Crippen LogP contribution in [0.25, 0.3) is 0 Å². The summed E-state index contributed by atoms with van der Waals surface area (Å²) in [7, 11) is 0. The first kappa shape index (κ1) is 16.3. The number of unbranched alkanes of at least 4 members (excludes halogenated alkanes) is 1. The number of para-hydroxylation sites is 1. The van der Waals surface area contributed by atoms with Crippen LogP contribution >= 0.6 is 0 Å². The molecule has 6 heteroatoms. The predicted octanol–water partition coefficient (Wildman–Crippen LogP) is 3.58. The van der Waals surface area contributed by atoms with Crippen LogP contribution in [0.5, 0.6) is 0 Å². The van der Waals surface area contributed by atoms with Crippen LogP contribution in [0, 0.1) is 0 Å². The van der Waals surface area contributed by atoms with Crippen molar-refractivity contribution in [3.05, 3.63) is 29.8 Å². The van der Waals surface area contributed by atoms with Crippen LogP contribution in [0.15, 0.2) is 24.3 Å². The highest BCUT2D eigenvalue weighted by Crippen LogP contribution is 2.22. The fourth-order valence-electron chi connectivity index (χ4n) is 1.77. The van der Waals surface area contributed by atoms with Gasteiger partial charge in [0, 0.05) is 25.2 Å². The summed E-state index contributed by atoms with van der Waals surface area (Å²) in [6, 6.07) is 7.04. The van der Waals surface area contributed by atoms with Crippen molar-refractivity contribution in [1.82, 2.24) is 5.32 Å². The lowest BCUT2D eigenvalue weighted by Gasteiger charge is -2.11. The predicted molar refractivity (Wildman–Crippen MR) is 72.8 cm³/mol. The van der Waals surface area contributed by atoms with Gasteiger partial charge in [-0.25, -0.2) is 0 Å². The van der Waals surface area contributed by atoms with Crippen molar-refractivity contribution in [3.8, 4) is 0 Å². The van der Waals surface area contributed by atoms with Gasteiger partial charge >= 0.3 is 6.18 Å². The molecule has 3 nitrogen and oxygen atoms in total. The number of rotatable bonds is 7. The molecular formula is C14H19F3N2O. The summed E-state index contributed by atoms with van der Waals surface area (Å²) in [5, 5.41) is 5.71. The topological polar surface area (TPSA) is 41.1 Å². The first-order valence-corrected chi connectivity index (χ1v) is 6.62. The van der Waals surface area contributed by atoms with Gasteiger partial charge < -0.3 is 10.6 Å². The highest BCUT2D eigenvalue weighted by Gasteiger charge is 2.25. The Morgan fingerprint density at radius 1 is 1.20 bits per heavy atom. The summed E-state index contributed by atoms with van der Waals surface area (Å²) >= 11 is 0. The van der Waals surface area contributed by atoms with Crippen molar-refractivity contribution < 1.29 is 18.0 Å². The third-order valence-electron chi connectivity index (χ3n) is 2.71. The second-order valence-electron chi connectivity index (χ2n) is 4.40. The van der Waals surface area contributed by atoms with E-state index >= 15 is 0 Å². The van der Waals surface area contributed by atoms with Gasteiger partial charge in [-0.2, -0.15) is 13.2 Å². The number of hydrogen-bond donors (Lipinski definition) is 2. The molecule has 0 saturated heterocycles. The molecule has 0 aliphatic carbocycles. The Morgan fingerprint density at radius 2 is 1.90 bits per heavy atom. The summed E-state index contributed by atoms with van der Waals surface area (Å²) in [5.41, 5.74) is 1.23. The second kappa shape index (κ2) is 7.77. The third kappa shape index (κ3) is 5.95. The van der Waals surface area contributed by atoms with Crippen molar-refractivity contribution in [2.24, 2.45) is 0 Å². The zero-order chi connectivity index (χ0) is 15.0. The van der Waals surface area contributed by atoms with E-state index < -0.39 is 12.6 Å². The maximum Gasteiger partial charge on any atom is 0.389 e. The molecule has 0 aromatic heterocycles. The molecule has 1 amide bonds. The van der Waals surface area contributed by atoms with Crippen LogP contribution in [-0.4, -0.2) is 25.2 Å². The minimum atomic E-state index is -4.12. The molecule has 0 unspecified atom stereocenters. The number of nitrogens with one attached hydrogen (secondary N) is 2. The average molecular weight is 288 g/mol. The lowest BCUT2D eigenvalue weighted by molar-refractivity contribution is -0.135. The zero-order valence-corrected chi connectivity index (χ0v) is 11.4. The van der Waals surface area contributed by atoms with Gasteiger partial charge in [0.05, 0.1) is 5.56 Å². The van der Waals surface area contributed by atoms with Gasteiger partial charge in [-0.1, -0.05) is 12.1 Å². The summed E-state index contributed by atoms with van der Waals surface area (Å²) in [4.78, 5) is 11.9. The molecule has 0 fully saturated rings. The van der Waals surface area contributed by atoms with Crippen molar-refractivity contribution in [3.63, 3.8) is 0 Å². The number of halogens is 3. The monoisotopic (exact) mass is 288 g/mol. The Hall–Kier alpha value is -1.72. The van der Waals surface area contributed by atoms with Crippen LogP contribution in [0.4, 0.5) is 18.9 Å². The van der Waals surface area contributed by atoms with E-state index in [1.807, 2.05) is 13.0 Å². The van der Waals surface area contributed by atoms with Crippen LogP contribution < -0.4 is 10.6 Å². The molecule has 0 saturated carbocycles. The molecule has 0 atom stereocenters. The summed E-state index contributed by atoms with van der Waals surface area (Å²) in [6.07, 6.45) is -4.59. The van der Waals surface area contributed by atoms with Crippen molar-refractivity contribution in [2.75, 3.05) is 18.4 Å². The van der Waals surface area contributed by atoms with Crippen molar-refractivity contribution in [2.45, 2.75) is 32.4 Å². The molecule has 0 aliphatic heterocycles. The number of carbonyl (C=O) groups is 1. The quantitative estimate of drug-likeness (QED) is 0.753. The summed E-state index contributed by atoms with van der Waals surface area (Å²) in [6.45, 7) is 2.86. The van der Waals surface area contributed by atoms with Gasteiger partial charge in [-0.15, -0.1) is 0 Å². The van der Waals surface area contributed by atoms with E-state index in [9.17, 15) is 18.0 Å². The Labute approximate surface area is 116 Å². The largest absolute Gasteiger partial charge is 0.389 e. The van der Waals surface area contributed by atoms with Gasteiger partial charge in [0.2, 0.25) is 0 Å². The smallest absolute Gasteiger partial charge is 0.385 e. The second-order valence-corrected chi connectivity index (χ2v) is 4.40. The lowest BCUT2D eigenvalue weighted by atomic mass is 10.1. The minimum Gasteiger partial charge on any atom is -0.385 e. The number of hydrogen-bond acceptors (Lipinski definition) is 2. The number of alkyl halides is 3. The van der Waals surface area contributed by atoms with E-state index in [0.717, 1.165) is 5.69 Å². The molecule has 112 valence electrons. The van der Waals surface area contributed by atoms with E-state index in [1.54, 1.807) is 18.2 Å². The molecular weight excluding hydrogens is 269 g/mol.